The van der Waals surface area contributed by atoms with E-state index in [9.17, 15) is 8.42 Å². The van der Waals surface area contributed by atoms with E-state index in [2.05, 4.69) is 10.0 Å². The normalized spacial score (nSPS) is 13.4. The molecular formula is C13H22N2O3S. The van der Waals surface area contributed by atoms with E-state index >= 15 is 0 Å². The summed E-state index contributed by atoms with van der Waals surface area (Å²) in [6.45, 7) is 5.13. The summed E-state index contributed by atoms with van der Waals surface area (Å²) in [7, 11) is -1.57. The van der Waals surface area contributed by atoms with Gasteiger partial charge in [-0.25, -0.2) is 13.1 Å². The monoisotopic (exact) mass is 286 g/mol. The molecule has 2 N–H and O–H groups in total. The second kappa shape index (κ2) is 7.59. The Balaban J connectivity index is 2.68. The minimum Gasteiger partial charge on any atom is -0.380 e. The van der Waals surface area contributed by atoms with Crippen molar-refractivity contribution in [2.45, 2.75) is 24.8 Å². The maximum absolute atomic E-state index is 12.0. The largest absolute Gasteiger partial charge is 0.380 e. The first-order valence-electron chi connectivity index (χ1n) is 6.36. The van der Waals surface area contributed by atoms with Crippen LogP contribution in [0, 0.1) is 0 Å². The predicted octanol–water partition coefficient (Wildman–Crippen LogP) is 1.28. The van der Waals surface area contributed by atoms with Crippen molar-refractivity contribution in [2.24, 2.45) is 0 Å². The minimum atomic E-state index is -3.44. The zero-order valence-corrected chi connectivity index (χ0v) is 12.5. The molecule has 0 amide bonds. The lowest BCUT2D eigenvalue weighted by Crippen LogP contribution is -2.27. The number of sulfonamides is 1. The Morgan fingerprint density at radius 1 is 1.26 bits per heavy atom. The van der Waals surface area contributed by atoms with Gasteiger partial charge in [0.2, 0.25) is 10.0 Å². The van der Waals surface area contributed by atoms with Crippen molar-refractivity contribution in [1.82, 2.24) is 10.0 Å². The smallest absolute Gasteiger partial charge is 0.240 e. The average Bonchev–Trinajstić information content (AvgIpc) is 2.43. The van der Waals surface area contributed by atoms with Crippen LogP contribution in [0.25, 0.3) is 0 Å². The first kappa shape index (κ1) is 16.1. The first-order chi connectivity index (χ1) is 9.01. The standard InChI is InChI=1S/C13H22N2O3S/c1-4-18-10-9-15-19(16,17)13-7-5-12(6-8-13)11(2)14-3/h5-8,11,14-15H,4,9-10H2,1-3H3. The van der Waals surface area contributed by atoms with Crippen LogP contribution < -0.4 is 10.0 Å². The third-order valence-corrected chi connectivity index (χ3v) is 4.34. The van der Waals surface area contributed by atoms with Crippen LogP contribution in [0.3, 0.4) is 0 Å². The van der Waals surface area contributed by atoms with E-state index in [1.165, 1.54) is 0 Å². The molecule has 1 rings (SSSR count). The number of rotatable bonds is 8. The molecule has 0 aliphatic rings. The summed E-state index contributed by atoms with van der Waals surface area (Å²) in [5, 5.41) is 3.11. The number of benzene rings is 1. The van der Waals surface area contributed by atoms with Gasteiger partial charge in [-0.3, -0.25) is 0 Å². The van der Waals surface area contributed by atoms with E-state index < -0.39 is 10.0 Å². The molecule has 0 aliphatic carbocycles. The Hall–Kier alpha value is -0.950. The Morgan fingerprint density at radius 2 is 1.89 bits per heavy atom. The van der Waals surface area contributed by atoms with Crippen molar-refractivity contribution in [3.63, 3.8) is 0 Å². The van der Waals surface area contributed by atoms with Gasteiger partial charge in [-0.15, -0.1) is 0 Å². The van der Waals surface area contributed by atoms with Crippen molar-refractivity contribution in [3.05, 3.63) is 29.8 Å². The molecule has 1 aromatic carbocycles. The molecule has 0 heterocycles. The molecule has 19 heavy (non-hydrogen) atoms. The summed E-state index contributed by atoms with van der Waals surface area (Å²) in [6, 6.07) is 7.07. The van der Waals surface area contributed by atoms with Gasteiger partial charge in [-0.05, 0) is 38.6 Å². The number of hydrogen-bond acceptors (Lipinski definition) is 4. The highest BCUT2D eigenvalue weighted by molar-refractivity contribution is 7.89. The molecule has 0 fully saturated rings. The molecule has 0 saturated carbocycles. The molecule has 6 heteroatoms. The SMILES string of the molecule is CCOCCNS(=O)(=O)c1ccc(C(C)NC)cc1. The van der Waals surface area contributed by atoms with E-state index in [0.717, 1.165) is 5.56 Å². The summed E-state index contributed by atoms with van der Waals surface area (Å²) in [6.07, 6.45) is 0. The highest BCUT2D eigenvalue weighted by atomic mass is 32.2. The van der Waals surface area contributed by atoms with Crippen molar-refractivity contribution in [3.8, 4) is 0 Å². The number of hydrogen-bond donors (Lipinski definition) is 2. The average molecular weight is 286 g/mol. The van der Waals surface area contributed by atoms with Gasteiger partial charge in [0.05, 0.1) is 11.5 Å². The van der Waals surface area contributed by atoms with Gasteiger partial charge in [0.1, 0.15) is 0 Å². The molecule has 0 radical (unpaired) electrons. The number of ether oxygens (including phenoxy) is 1. The molecule has 1 atom stereocenters. The van der Waals surface area contributed by atoms with Gasteiger partial charge < -0.3 is 10.1 Å². The zero-order chi connectivity index (χ0) is 14.3. The molecule has 0 aliphatic heterocycles. The summed E-state index contributed by atoms with van der Waals surface area (Å²) in [4.78, 5) is 0.274. The van der Waals surface area contributed by atoms with E-state index in [4.69, 9.17) is 4.74 Å². The highest BCUT2D eigenvalue weighted by Gasteiger charge is 2.13. The van der Waals surface area contributed by atoms with Crippen LogP contribution in [0.5, 0.6) is 0 Å². The molecule has 0 saturated heterocycles. The van der Waals surface area contributed by atoms with Crippen LogP contribution in [-0.4, -0.2) is 35.2 Å². The summed E-state index contributed by atoms with van der Waals surface area (Å²) in [5.74, 6) is 0. The minimum absolute atomic E-state index is 0.197. The zero-order valence-electron chi connectivity index (χ0n) is 11.6. The molecule has 0 aromatic heterocycles. The Kier molecular flexibility index (Phi) is 6.44. The molecule has 5 nitrogen and oxygen atoms in total. The Morgan fingerprint density at radius 3 is 2.42 bits per heavy atom. The molecule has 0 bridgehead atoms. The summed E-state index contributed by atoms with van der Waals surface area (Å²) >= 11 is 0. The van der Waals surface area contributed by atoms with Crippen LogP contribution in [0.1, 0.15) is 25.5 Å². The van der Waals surface area contributed by atoms with E-state index in [1.54, 1.807) is 12.1 Å². The van der Waals surface area contributed by atoms with Gasteiger partial charge in [-0.2, -0.15) is 0 Å². The van der Waals surface area contributed by atoms with Gasteiger partial charge in [-0.1, -0.05) is 12.1 Å². The molecule has 0 spiro atoms. The molecule has 1 aromatic rings. The van der Waals surface area contributed by atoms with Crippen molar-refractivity contribution < 1.29 is 13.2 Å². The summed E-state index contributed by atoms with van der Waals surface area (Å²) in [5.41, 5.74) is 1.05. The predicted molar refractivity (Wildman–Crippen MR) is 75.6 cm³/mol. The number of nitrogens with one attached hydrogen (secondary N) is 2. The van der Waals surface area contributed by atoms with Gasteiger partial charge in [0.15, 0.2) is 0 Å². The maximum Gasteiger partial charge on any atom is 0.240 e. The van der Waals surface area contributed by atoms with Gasteiger partial charge in [0.25, 0.3) is 0 Å². The van der Waals surface area contributed by atoms with Crippen LogP contribution >= 0.6 is 0 Å². The maximum atomic E-state index is 12.0. The third-order valence-electron chi connectivity index (χ3n) is 2.87. The molecule has 108 valence electrons. The lowest BCUT2D eigenvalue weighted by atomic mass is 10.1. The Bertz CT molecular complexity index is 471. The van der Waals surface area contributed by atoms with E-state index in [1.807, 2.05) is 33.0 Å². The summed E-state index contributed by atoms with van der Waals surface area (Å²) < 4.78 is 31.5. The third kappa shape index (κ3) is 4.91. The molecule has 1 unspecified atom stereocenters. The van der Waals surface area contributed by atoms with Crippen LogP contribution in [0.15, 0.2) is 29.2 Å². The van der Waals surface area contributed by atoms with Crippen LogP contribution in [-0.2, 0) is 14.8 Å². The molecular weight excluding hydrogens is 264 g/mol. The highest BCUT2D eigenvalue weighted by Crippen LogP contribution is 2.15. The topological polar surface area (TPSA) is 67.4 Å². The van der Waals surface area contributed by atoms with Gasteiger partial charge in [0, 0.05) is 19.2 Å². The fraction of sp³-hybridized carbons (Fsp3) is 0.538. The lowest BCUT2D eigenvalue weighted by molar-refractivity contribution is 0.153. The fourth-order valence-electron chi connectivity index (χ4n) is 1.58. The fourth-order valence-corrected chi connectivity index (χ4v) is 2.59. The van der Waals surface area contributed by atoms with Crippen LogP contribution in [0.4, 0.5) is 0 Å². The van der Waals surface area contributed by atoms with Crippen LogP contribution in [0.2, 0.25) is 0 Å². The van der Waals surface area contributed by atoms with E-state index in [0.29, 0.717) is 13.2 Å². The van der Waals surface area contributed by atoms with Crippen molar-refractivity contribution in [1.29, 1.82) is 0 Å². The lowest BCUT2D eigenvalue weighted by Gasteiger charge is -2.11. The second-order valence-electron chi connectivity index (χ2n) is 4.17. The van der Waals surface area contributed by atoms with Crippen molar-refractivity contribution in [2.75, 3.05) is 26.8 Å². The Labute approximate surface area is 115 Å². The van der Waals surface area contributed by atoms with E-state index in [-0.39, 0.29) is 17.5 Å². The quantitative estimate of drug-likeness (QED) is 0.707. The second-order valence-corrected chi connectivity index (χ2v) is 5.94. The van der Waals surface area contributed by atoms with Crippen molar-refractivity contribution >= 4 is 10.0 Å². The first-order valence-corrected chi connectivity index (χ1v) is 7.84. The van der Waals surface area contributed by atoms with Gasteiger partial charge >= 0.3 is 0 Å².